The van der Waals surface area contributed by atoms with Gasteiger partial charge in [0.1, 0.15) is 17.3 Å². The van der Waals surface area contributed by atoms with Crippen LogP contribution in [-0.4, -0.2) is 20.6 Å². The van der Waals surface area contributed by atoms with Crippen LogP contribution in [0.4, 0.5) is 5.69 Å². The van der Waals surface area contributed by atoms with Gasteiger partial charge in [-0.3, -0.25) is 14.2 Å². The molecule has 0 aliphatic carbocycles. The summed E-state index contributed by atoms with van der Waals surface area (Å²) in [5.74, 6) is 0.0324. The van der Waals surface area contributed by atoms with Gasteiger partial charge in [0.25, 0.3) is 11.3 Å². The van der Waals surface area contributed by atoms with E-state index in [1.165, 1.54) is 4.57 Å². The zero-order valence-corrected chi connectivity index (χ0v) is 15.0. The number of amides is 1. The first-order valence-electron chi connectivity index (χ1n) is 7.71. The van der Waals surface area contributed by atoms with Crippen molar-refractivity contribution in [1.82, 2.24) is 14.7 Å². The Morgan fingerprint density at radius 2 is 2.04 bits per heavy atom. The molecule has 1 N–H and O–H groups in total. The second-order valence-corrected chi connectivity index (χ2v) is 6.34. The average Bonchev–Trinajstić information content (AvgIpc) is 2.91. The van der Waals surface area contributed by atoms with Gasteiger partial charge in [0.15, 0.2) is 0 Å². The van der Waals surface area contributed by atoms with Crippen LogP contribution in [0.2, 0.25) is 5.02 Å². The Kier molecular flexibility index (Phi) is 4.34. The number of nitrogens with zero attached hydrogens (tertiary/aromatic N) is 3. The minimum atomic E-state index is -0.767. The van der Waals surface area contributed by atoms with Gasteiger partial charge >= 0.3 is 0 Å². The zero-order valence-electron chi connectivity index (χ0n) is 14.3. The summed E-state index contributed by atoms with van der Waals surface area (Å²) in [4.78, 5) is 29.7. The van der Waals surface area contributed by atoms with Crippen molar-refractivity contribution in [2.45, 2.75) is 33.7 Å². The molecule has 0 saturated heterocycles. The van der Waals surface area contributed by atoms with E-state index < -0.39 is 6.04 Å². The van der Waals surface area contributed by atoms with Gasteiger partial charge in [0, 0.05) is 10.7 Å². The van der Waals surface area contributed by atoms with Crippen LogP contribution < -0.4 is 10.9 Å². The van der Waals surface area contributed by atoms with Crippen LogP contribution in [0.5, 0.6) is 0 Å². The van der Waals surface area contributed by atoms with Gasteiger partial charge < -0.3 is 9.84 Å². The maximum atomic E-state index is 12.8. The largest absolute Gasteiger partial charge is 0.335 e. The predicted molar refractivity (Wildman–Crippen MR) is 95.1 cm³/mol. The van der Waals surface area contributed by atoms with Crippen LogP contribution in [0.1, 0.15) is 30.0 Å². The number of carbonyl (C=O) groups excluding carboxylic acids is 1. The lowest BCUT2D eigenvalue weighted by atomic mass is 10.2. The molecule has 0 aliphatic rings. The Morgan fingerprint density at radius 3 is 2.76 bits per heavy atom. The molecule has 2 heterocycles. The minimum absolute atomic E-state index is 0.176. The SMILES string of the molecule is Cc1ccc(Cl)cc1NC(=O)C(C)n1c(C)nc2onc(C)c2c1=O. The summed E-state index contributed by atoms with van der Waals surface area (Å²) in [7, 11) is 0. The summed E-state index contributed by atoms with van der Waals surface area (Å²) in [6, 6.07) is 4.46. The Hall–Kier alpha value is -2.67. The summed E-state index contributed by atoms with van der Waals surface area (Å²) >= 11 is 5.98. The molecular weight excluding hydrogens is 344 g/mol. The van der Waals surface area contributed by atoms with Crippen molar-refractivity contribution in [1.29, 1.82) is 0 Å². The van der Waals surface area contributed by atoms with E-state index in [9.17, 15) is 9.59 Å². The number of aryl methyl sites for hydroxylation is 3. The normalized spacial score (nSPS) is 12.4. The van der Waals surface area contributed by atoms with Gasteiger partial charge in [-0.15, -0.1) is 0 Å². The second kappa shape index (κ2) is 6.33. The van der Waals surface area contributed by atoms with Crippen molar-refractivity contribution >= 4 is 34.3 Å². The highest BCUT2D eigenvalue weighted by Gasteiger charge is 2.23. The topological polar surface area (TPSA) is 90.0 Å². The molecule has 0 fully saturated rings. The number of hydrogen-bond donors (Lipinski definition) is 1. The summed E-state index contributed by atoms with van der Waals surface area (Å²) in [5.41, 5.74) is 1.74. The molecule has 3 rings (SSSR count). The van der Waals surface area contributed by atoms with Gasteiger partial charge in [-0.25, -0.2) is 0 Å². The molecule has 1 aromatic carbocycles. The molecule has 1 unspecified atom stereocenters. The molecule has 3 aromatic rings. The smallest absolute Gasteiger partial charge is 0.267 e. The molecule has 0 bridgehead atoms. The van der Waals surface area contributed by atoms with Crippen LogP contribution in [0.3, 0.4) is 0 Å². The Labute approximate surface area is 148 Å². The third-order valence-corrected chi connectivity index (χ3v) is 4.35. The lowest BCUT2D eigenvalue weighted by molar-refractivity contribution is -0.118. The maximum Gasteiger partial charge on any atom is 0.267 e. The predicted octanol–water partition coefficient (Wildman–Crippen LogP) is 3.16. The van der Waals surface area contributed by atoms with Crippen LogP contribution in [0, 0.1) is 20.8 Å². The summed E-state index contributed by atoms with van der Waals surface area (Å²) < 4.78 is 6.38. The molecule has 0 radical (unpaired) electrons. The molecular formula is C17H17ClN4O3. The van der Waals surface area contributed by atoms with Gasteiger partial charge in [-0.1, -0.05) is 22.8 Å². The van der Waals surface area contributed by atoms with Crippen molar-refractivity contribution in [2.24, 2.45) is 0 Å². The molecule has 7 nitrogen and oxygen atoms in total. The van der Waals surface area contributed by atoms with E-state index in [1.807, 2.05) is 13.0 Å². The standard InChI is InChI=1S/C17H17ClN4O3/c1-8-5-6-12(18)7-13(8)20-15(23)10(3)22-11(4)19-16-14(17(22)24)9(2)21-25-16/h5-7,10H,1-4H3,(H,20,23). The number of carbonyl (C=O) groups is 1. The van der Waals surface area contributed by atoms with Crippen LogP contribution >= 0.6 is 11.6 Å². The van der Waals surface area contributed by atoms with E-state index in [1.54, 1.807) is 32.9 Å². The minimum Gasteiger partial charge on any atom is -0.335 e. The Bertz CT molecular complexity index is 1040. The third kappa shape index (κ3) is 3.02. The molecule has 0 saturated carbocycles. The zero-order chi connectivity index (χ0) is 18.3. The van der Waals surface area contributed by atoms with Crippen molar-refractivity contribution < 1.29 is 9.32 Å². The van der Waals surface area contributed by atoms with E-state index in [4.69, 9.17) is 16.1 Å². The number of fused-ring (bicyclic) bond motifs is 1. The number of halogens is 1. The molecule has 130 valence electrons. The lowest BCUT2D eigenvalue weighted by Gasteiger charge is -2.18. The fourth-order valence-corrected chi connectivity index (χ4v) is 2.86. The second-order valence-electron chi connectivity index (χ2n) is 5.91. The number of rotatable bonds is 3. The first-order valence-corrected chi connectivity index (χ1v) is 8.09. The molecule has 1 atom stereocenters. The molecule has 0 aliphatic heterocycles. The maximum absolute atomic E-state index is 12.8. The van der Waals surface area contributed by atoms with Gasteiger partial charge in [0.05, 0.1) is 5.69 Å². The summed E-state index contributed by atoms with van der Waals surface area (Å²) in [6.45, 7) is 6.81. The molecule has 1 amide bonds. The van der Waals surface area contributed by atoms with Crippen molar-refractivity contribution in [3.63, 3.8) is 0 Å². The summed E-state index contributed by atoms with van der Waals surface area (Å²) in [5, 5.41) is 7.38. The van der Waals surface area contributed by atoms with Crippen molar-refractivity contribution in [3.8, 4) is 0 Å². The number of anilines is 1. The Balaban J connectivity index is 2.00. The first-order chi connectivity index (χ1) is 11.8. The number of nitrogens with one attached hydrogen (secondary N) is 1. The number of aromatic nitrogens is 3. The molecule has 8 heteroatoms. The van der Waals surface area contributed by atoms with Crippen LogP contribution in [0.15, 0.2) is 27.5 Å². The molecule has 25 heavy (non-hydrogen) atoms. The van der Waals surface area contributed by atoms with E-state index in [0.29, 0.717) is 22.2 Å². The van der Waals surface area contributed by atoms with Gasteiger partial charge in [0.2, 0.25) is 5.91 Å². The fourth-order valence-electron chi connectivity index (χ4n) is 2.69. The van der Waals surface area contributed by atoms with Crippen molar-refractivity contribution in [2.75, 3.05) is 5.32 Å². The van der Waals surface area contributed by atoms with Gasteiger partial charge in [-0.05, 0) is 45.4 Å². The van der Waals surface area contributed by atoms with Gasteiger partial charge in [-0.2, -0.15) is 4.98 Å². The van der Waals surface area contributed by atoms with Crippen molar-refractivity contribution in [3.05, 3.63) is 50.7 Å². The lowest BCUT2D eigenvalue weighted by Crippen LogP contribution is -2.34. The van der Waals surface area contributed by atoms with Crippen LogP contribution in [-0.2, 0) is 4.79 Å². The Morgan fingerprint density at radius 1 is 1.32 bits per heavy atom. The number of hydrogen-bond acceptors (Lipinski definition) is 5. The summed E-state index contributed by atoms with van der Waals surface area (Å²) in [6.07, 6.45) is 0. The van der Waals surface area contributed by atoms with E-state index >= 15 is 0 Å². The molecule has 0 spiro atoms. The highest BCUT2D eigenvalue weighted by molar-refractivity contribution is 6.31. The monoisotopic (exact) mass is 360 g/mol. The highest BCUT2D eigenvalue weighted by atomic mass is 35.5. The average molecular weight is 361 g/mol. The van der Waals surface area contributed by atoms with E-state index in [-0.39, 0.29) is 22.6 Å². The highest BCUT2D eigenvalue weighted by Crippen LogP contribution is 2.22. The number of benzene rings is 1. The molecule has 2 aromatic heterocycles. The fraction of sp³-hybridized carbons (Fsp3) is 0.294. The van der Waals surface area contributed by atoms with Crippen LogP contribution in [0.25, 0.3) is 11.1 Å². The van der Waals surface area contributed by atoms with E-state index in [0.717, 1.165) is 5.56 Å². The van der Waals surface area contributed by atoms with E-state index in [2.05, 4.69) is 15.5 Å². The third-order valence-electron chi connectivity index (χ3n) is 4.11. The first kappa shape index (κ1) is 17.2. The quantitative estimate of drug-likeness (QED) is 0.774.